The number of nitrogens with one attached hydrogen (secondary N) is 1. The Kier molecular flexibility index (Phi) is 4.47. The molecule has 2 aromatic rings. The fourth-order valence-electron chi connectivity index (χ4n) is 2.92. The molecule has 0 bridgehead atoms. The number of fused-ring (bicyclic) bond motifs is 1. The number of amides is 2. The van der Waals surface area contributed by atoms with E-state index in [4.69, 9.17) is 0 Å². The Labute approximate surface area is 141 Å². The van der Waals surface area contributed by atoms with E-state index in [-0.39, 0.29) is 24.3 Å². The van der Waals surface area contributed by atoms with Gasteiger partial charge in [-0.05, 0) is 18.6 Å². The molecule has 1 aliphatic rings. The first kappa shape index (κ1) is 16.0. The van der Waals surface area contributed by atoms with E-state index in [9.17, 15) is 9.59 Å². The van der Waals surface area contributed by atoms with Crippen LogP contribution in [0.2, 0.25) is 0 Å². The van der Waals surface area contributed by atoms with E-state index in [1.54, 1.807) is 11.0 Å². The second-order valence-corrected chi connectivity index (χ2v) is 5.90. The van der Waals surface area contributed by atoms with Crippen molar-refractivity contribution in [3.8, 4) is 0 Å². The van der Waals surface area contributed by atoms with Crippen molar-refractivity contribution in [2.45, 2.75) is 19.4 Å². The summed E-state index contributed by atoms with van der Waals surface area (Å²) in [5, 5.41) is 2.96. The average molecular weight is 320 g/mol. The van der Waals surface area contributed by atoms with Gasteiger partial charge in [-0.1, -0.05) is 55.1 Å². The Hall–Kier alpha value is -2.88. The van der Waals surface area contributed by atoms with Crippen molar-refractivity contribution >= 4 is 17.5 Å². The lowest BCUT2D eigenvalue weighted by Gasteiger charge is -2.19. The van der Waals surface area contributed by atoms with Gasteiger partial charge in [0.1, 0.15) is 0 Å². The first-order valence-corrected chi connectivity index (χ1v) is 8.02. The molecule has 2 amide bonds. The Bertz CT molecular complexity index is 748. The van der Waals surface area contributed by atoms with Crippen molar-refractivity contribution in [1.82, 2.24) is 10.2 Å². The molecule has 1 atom stereocenters. The zero-order chi connectivity index (χ0) is 17.1. The highest BCUT2D eigenvalue weighted by molar-refractivity contribution is 6.08. The lowest BCUT2D eigenvalue weighted by Crippen LogP contribution is -2.32. The van der Waals surface area contributed by atoms with Gasteiger partial charge in [0.15, 0.2) is 0 Å². The molecule has 0 aliphatic carbocycles. The van der Waals surface area contributed by atoms with Crippen molar-refractivity contribution in [2.24, 2.45) is 0 Å². The highest BCUT2D eigenvalue weighted by atomic mass is 16.2. The van der Waals surface area contributed by atoms with Gasteiger partial charge in [0.25, 0.3) is 5.91 Å². The van der Waals surface area contributed by atoms with Crippen molar-refractivity contribution in [3.63, 3.8) is 0 Å². The van der Waals surface area contributed by atoms with Crippen LogP contribution in [0.4, 0.5) is 0 Å². The van der Waals surface area contributed by atoms with Crippen LogP contribution < -0.4 is 5.32 Å². The Morgan fingerprint density at radius 3 is 2.38 bits per heavy atom. The maximum Gasteiger partial charge on any atom is 0.258 e. The maximum atomic E-state index is 12.4. The summed E-state index contributed by atoms with van der Waals surface area (Å²) in [6, 6.07) is 17.1. The number of rotatable bonds is 5. The van der Waals surface area contributed by atoms with E-state index in [1.807, 2.05) is 55.5 Å². The number of nitrogens with zero attached hydrogens (tertiary/aromatic N) is 1. The molecule has 4 heteroatoms. The molecule has 0 saturated carbocycles. The van der Waals surface area contributed by atoms with Gasteiger partial charge in [0.2, 0.25) is 5.91 Å². The molecule has 122 valence electrons. The molecule has 2 aromatic carbocycles. The average Bonchev–Trinajstić information content (AvgIpc) is 2.85. The van der Waals surface area contributed by atoms with Gasteiger partial charge in [-0.25, -0.2) is 0 Å². The van der Waals surface area contributed by atoms with E-state index >= 15 is 0 Å². The number of benzene rings is 2. The van der Waals surface area contributed by atoms with Gasteiger partial charge in [-0.3, -0.25) is 9.59 Å². The van der Waals surface area contributed by atoms with E-state index in [0.29, 0.717) is 17.8 Å². The summed E-state index contributed by atoms with van der Waals surface area (Å²) in [4.78, 5) is 26.2. The van der Waals surface area contributed by atoms with Gasteiger partial charge in [-0.2, -0.15) is 0 Å². The summed E-state index contributed by atoms with van der Waals surface area (Å²) in [6.45, 7) is 6.27. The number of hydrogen-bond donors (Lipinski definition) is 1. The van der Waals surface area contributed by atoms with E-state index in [1.165, 1.54) is 0 Å². The van der Waals surface area contributed by atoms with Gasteiger partial charge in [0, 0.05) is 29.8 Å². The fraction of sp³-hybridized carbons (Fsp3) is 0.200. The molecule has 4 nitrogen and oxygen atoms in total. The summed E-state index contributed by atoms with van der Waals surface area (Å²) >= 11 is 0. The standard InChI is InChI=1S/C20H20N2O2/c1-14(16-8-4-3-5-9-16)21-19(23)12-13-22-15(2)17-10-6-7-11-18(17)20(22)24/h3-11,14H,2,12-13H2,1H3,(H,21,23)/t14-/m1/s1. The van der Waals surface area contributed by atoms with Crippen LogP contribution in [0.5, 0.6) is 0 Å². The van der Waals surface area contributed by atoms with E-state index in [2.05, 4.69) is 11.9 Å². The summed E-state index contributed by atoms with van der Waals surface area (Å²) in [5.74, 6) is -0.164. The molecular formula is C20H20N2O2. The molecule has 1 aliphatic heterocycles. The molecule has 1 heterocycles. The van der Waals surface area contributed by atoms with Crippen molar-refractivity contribution < 1.29 is 9.59 Å². The minimum Gasteiger partial charge on any atom is -0.350 e. The lowest BCUT2D eigenvalue weighted by molar-refractivity contribution is -0.121. The largest absolute Gasteiger partial charge is 0.350 e. The highest BCUT2D eigenvalue weighted by Crippen LogP contribution is 2.31. The van der Waals surface area contributed by atoms with Crippen LogP contribution in [0.25, 0.3) is 5.70 Å². The molecule has 0 saturated heterocycles. The molecule has 24 heavy (non-hydrogen) atoms. The topological polar surface area (TPSA) is 49.4 Å². The van der Waals surface area contributed by atoms with Crippen molar-refractivity contribution in [1.29, 1.82) is 0 Å². The predicted octanol–water partition coefficient (Wildman–Crippen LogP) is 3.38. The minimum absolute atomic E-state index is 0.0617. The maximum absolute atomic E-state index is 12.4. The van der Waals surface area contributed by atoms with Crippen LogP contribution in [0.3, 0.4) is 0 Å². The highest BCUT2D eigenvalue weighted by Gasteiger charge is 2.30. The molecule has 0 unspecified atom stereocenters. The van der Waals surface area contributed by atoms with Gasteiger partial charge in [-0.15, -0.1) is 0 Å². The molecule has 0 aromatic heterocycles. The Balaban J connectivity index is 1.58. The minimum atomic E-state index is -0.0838. The summed E-state index contributed by atoms with van der Waals surface area (Å²) in [6.07, 6.45) is 0.246. The van der Waals surface area contributed by atoms with Gasteiger partial charge < -0.3 is 10.2 Å². The van der Waals surface area contributed by atoms with Crippen LogP contribution in [0.1, 0.15) is 40.9 Å². The number of carbonyl (C=O) groups excluding carboxylic acids is 2. The third kappa shape index (κ3) is 3.08. The summed E-state index contributed by atoms with van der Waals surface area (Å²) in [7, 11) is 0. The SMILES string of the molecule is C=C1c2ccccc2C(=O)N1CCC(=O)N[C@H](C)c1ccccc1. The predicted molar refractivity (Wildman–Crippen MR) is 94.1 cm³/mol. The van der Waals surface area contributed by atoms with Crippen LogP contribution in [0, 0.1) is 0 Å². The van der Waals surface area contributed by atoms with Crippen LogP contribution in [-0.2, 0) is 4.79 Å². The quantitative estimate of drug-likeness (QED) is 0.918. The van der Waals surface area contributed by atoms with E-state index < -0.39 is 0 Å². The second-order valence-electron chi connectivity index (χ2n) is 5.90. The molecule has 1 N–H and O–H groups in total. The summed E-state index contributed by atoms with van der Waals surface area (Å²) < 4.78 is 0. The first-order chi connectivity index (χ1) is 11.6. The number of hydrogen-bond acceptors (Lipinski definition) is 2. The normalized spacial score (nSPS) is 14.5. The third-order valence-corrected chi connectivity index (χ3v) is 4.28. The smallest absolute Gasteiger partial charge is 0.258 e. The van der Waals surface area contributed by atoms with Crippen molar-refractivity contribution in [3.05, 3.63) is 77.9 Å². The fourth-order valence-corrected chi connectivity index (χ4v) is 2.92. The number of carbonyl (C=O) groups is 2. The molecule has 0 spiro atoms. The van der Waals surface area contributed by atoms with E-state index in [0.717, 1.165) is 11.1 Å². The molecular weight excluding hydrogens is 300 g/mol. The molecule has 3 rings (SSSR count). The van der Waals surface area contributed by atoms with Gasteiger partial charge in [0.05, 0.1) is 6.04 Å². The second kappa shape index (κ2) is 6.71. The van der Waals surface area contributed by atoms with Crippen molar-refractivity contribution in [2.75, 3.05) is 6.54 Å². The Morgan fingerprint density at radius 1 is 1.08 bits per heavy atom. The van der Waals surface area contributed by atoms with Gasteiger partial charge >= 0.3 is 0 Å². The van der Waals surface area contributed by atoms with Crippen LogP contribution in [0.15, 0.2) is 61.2 Å². The van der Waals surface area contributed by atoms with Crippen LogP contribution >= 0.6 is 0 Å². The molecule has 0 radical (unpaired) electrons. The monoisotopic (exact) mass is 320 g/mol. The summed E-state index contributed by atoms with van der Waals surface area (Å²) in [5.41, 5.74) is 3.22. The lowest BCUT2D eigenvalue weighted by atomic mass is 10.1. The Morgan fingerprint density at radius 2 is 1.71 bits per heavy atom. The van der Waals surface area contributed by atoms with Crippen LogP contribution in [-0.4, -0.2) is 23.3 Å². The molecule has 0 fully saturated rings. The third-order valence-electron chi connectivity index (χ3n) is 4.28. The zero-order valence-corrected chi connectivity index (χ0v) is 13.7. The first-order valence-electron chi connectivity index (χ1n) is 8.02. The zero-order valence-electron chi connectivity index (χ0n) is 13.7.